The molecule has 4 nitrogen and oxygen atoms in total. The van der Waals surface area contributed by atoms with Crippen molar-refractivity contribution in [3.63, 3.8) is 0 Å². The molecule has 1 N–H and O–H groups in total. The topological polar surface area (TPSA) is 35.6 Å². The minimum absolute atomic E-state index is 0.223. The predicted octanol–water partition coefficient (Wildman–Crippen LogP) is 4.54. The van der Waals surface area contributed by atoms with Gasteiger partial charge in [0.25, 0.3) is 5.91 Å². The summed E-state index contributed by atoms with van der Waals surface area (Å²) in [6, 6.07) is 19.7. The molecule has 6 heteroatoms. The Kier molecular flexibility index (Phi) is 5.42. The average molecular weight is 393 g/mol. The van der Waals surface area contributed by atoms with Gasteiger partial charge in [-0.3, -0.25) is 4.79 Å². The fraction of sp³-hybridized carbons (Fsp3) is 0.174. The summed E-state index contributed by atoms with van der Waals surface area (Å²) in [4.78, 5) is 16.8. The van der Waals surface area contributed by atoms with Gasteiger partial charge in [0.2, 0.25) is 0 Å². The van der Waals surface area contributed by atoms with Gasteiger partial charge in [0.15, 0.2) is 0 Å². The molecule has 0 atom stereocenters. The molecule has 1 fully saturated rings. The van der Waals surface area contributed by atoms with Crippen LogP contribution >= 0.6 is 0 Å². The molecule has 0 bridgehead atoms. The summed E-state index contributed by atoms with van der Waals surface area (Å²) in [6.45, 7) is 3.43. The van der Waals surface area contributed by atoms with Crippen molar-refractivity contribution in [1.29, 1.82) is 0 Å². The highest BCUT2D eigenvalue weighted by Crippen LogP contribution is 2.22. The van der Waals surface area contributed by atoms with Crippen LogP contribution < -0.4 is 15.1 Å². The molecule has 3 aromatic carbocycles. The summed E-state index contributed by atoms with van der Waals surface area (Å²) in [5, 5.41) is 2.82. The van der Waals surface area contributed by atoms with Crippen molar-refractivity contribution < 1.29 is 13.6 Å². The van der Waals surface area contributed by atoms with Gasteiger partial charge >= 0.3 is 0 Å². The molecule has 0 radical (unpaired) electrons. The molecule has 0 unspecified atom stereocenters. The number of amides is 1. The number of rotatable bonds is 4. The summed E-state index contributed by atoms with van der Waals surface area (Å²) in [7, 11) is 0. The van der Waals surface area contributed by atoms with E-state index >= 15 is 0 Å². The lowest BCUT2D eigenvalue weighted by molar-refractivity contribution is 0.102. The van der Waals surface area contributed by atoms with Gasteiger partial charge in [0.05, 0.1) is 0 Å². The zero-order valence-corrected chi connectivity index (χ0v) is 15.8. The zero-order chi connectivity index (χ0) is 20.2. The van der Waals surface area contributed by atoms with Crippen LogP contribution in [0, 0.1) is 11.6 Å². The lowest BCUT2D eigenvalue weighted by atomic mass is 10.2. The number of hydrogen-bond acceptors (Lipinski definition) is 3. The van der Waals surface area contributed by atoms with E-state index in [-0.39, 0.29) is 17.5 Å². The highest BCUT2D eigenvalue weighted by Gasteiger charge is 2.17. The molecule has 1 saturated heterocycles. The van der Waals surface area contributed by atoms with Crippen molar-refractivity contribution in [1.82, 2.24) is 0 Å². The molecule has 1 aliphatic heterocycles. The van der Waals surface area contributed by atoms with Crippen molar-refractivity contribution in [3.05, 3.63) is 90.0 Å². The van der Waals surface area contributed by atoms with Crippen molar-refractivity contribution in [2.24, 2.45) is 0 Å². The largest absolute Gasteiger partial charge is 0.368 e. The first kappa shape index (κ1) is 18.9. The van der Waals surface area contributed by atoms with Crippen LogP contribution in [-0.4, -0.2) is 32.1 Å². The van der Waals surface area contributed by atoms with E-state index in [0.717, 1.165) is 37.6 Å². The van der Waals surface area contributed by atoms with Gasteiger partial charge < -0.3 is 15.1 Å². The van der Waals surface area contributed by atoms with Crippen LogP contribution in [0.4, 0.5) is 25.8 Å². The standard InChI is InChI=1S/C23H21F2N3O/c24-18-3-1-17(2-4-18)23(29)26-20-7-11-22(12-8-20)28-15-13-27(14-16-28)21-9-5-19(25)6-10-21/h1-12H,13-16H2,(H,26,29). The smallest absolute Gasteiger partial charge is 0.255 e. The molecule has 1 heterocycles. The molecule has 0 spiro atoms. The van der Waals surface area contributed by atoms with E-state index in [9.17, 15) is 13.6 Å². The van der Waals surface area contributed by atoms with Crippen molar-refractivity contribution in [3.8, 4) is 0 Å². The summed E-state index contributed by atoms with van der Waals surface area (Å²) >= 11 is 0. The molecule has 0 saturated carbocycles. The maximum atomic E-state index is 13.1. The second-order valence-electron chi connectivity index (χ2n) is 6.96. The monoisotopic (exact) mass is 393 g/mol. The second-order valence-corrected chi connectivity index (χ2v) is 6.96. The Morgan fingerprint density at radius 2 is 1.07 bits per heavy atom. The van der Waals surface area contributed by atoms with E-state index < -0.39 is 0 Å². The summed E-state index contributed by atoms with van der Waals surface area (Å²) in [6.07, 6.45) is 0. The van der Waals surface area contributed by atoms with E-state index in [2.05, 4.69) is 15.1 Å². The van der Waals surface area contributed by atoms with Crippen molar-refractivity contribution >= 4 is 23.0 Å². The first-order valence-corrected chi connectivity index (χ1v) is 9.51. The molecule has 4 rings (SSSR count). The molecule has 148 valence electrons. The Morgan fingerprint density at radius 1 is 0.655 bits per heavy atom. The van der Waals surface area contributed by atoms with Crippen LogP contribution in [0.5, 0.6) is 0 Å². The van der Waals surface area contributed by atoms with E-state index in [0.29, 0.717) is 11.3 Å². The fourth-order valence-electron chi connectivity index (χ4n) is 3.43. The molecular formula is C23H21F2N3O. The molecule has 1 aliphatic rings. The maximum absolute atomic E-state index is 13.1. The number of carbonyl (C=O) groups excluding carboxylic acids is 1. The molecule has 3 aromatic rings. The van der Waals surface area contributed by atoms with Crippen LogP contribution in [0.15, 0.2) is 72.8 Å². The minimum atomic E-state index is -0.370. The van der Waals surface area contributed by atoms with Crippen LogP contribution in [0.1, 0.15) is 10.4 Å². The fourth-order valence-corrected chi connectivity index (χ4v) is 3.43. The van der Waals surface area contributed by atoms with Gasteiger partial charge in [-0.15, -0.1) is 0 Å². The lowest BCUT2D eigenvalue weighted by Gasteiger charge is -2.37. The van der Waals surface area contributed by atoms with Crippen LogP contribution in [0.3, 0.4) is 0 Å². The quantitative estimate of drug-likeness (QED) is 0.707. The first-order valence-electron chi connectivity index (χ1n) is 9.51. The Morgan fingerprint density at radius 3 is 1.55 bits per heavy atom. The van der Waals surface area contributed by atoms with Crippen LogP contribution in [-0.2, 0) is 0 Å². The van der Waals surface area contributed by atoms with Crippen LogP contribution in [0.25, 0.3) is 0 Å². The zero-order valence-electron chi connectivity index (χ0n) is 15.8. The number of nitrogens with one attached hydrogen (secondary N) is 1. The Labute approximate surface area is 168 Å². The predicted molar refractivity (Wildman–Crippen MR) is 112 cm³/mol. The van der Waals surface area contributed by atoms with E-state index in [1.165, 1.54) is 36.4 Å². The molecule has 0 aromatic heterocycles. The Bertz CT molecular complexity index is 965. The summed E-state index contributed by atoms with van der Waals surface area (Å²) in [5.41, 5.74) is 3.22. The third kappa shape index (κ3) is 4.54. The third-order valence-corrected chi connectivity index (χ3v) is 5.07. The highest BCUT2D eigenvalue weighted by atomic mass is 19.1. The van der Waals surface area contributed by atoms with Gasteiger partial charge in [0, 0.05) is 48.8 Å². The summed E-state index contributed by atoms with van der Waals surface area (Å²) < 4.78 is 26.1. The first-order chi connectivity index (χ1) is 14.1. The molecule has 29 heavy (non-hydrogen) atoms. The Balaban J connectivity index is 1.34. The number of anilines is 3. The number of benzene rings is 3. The third-order valence-electron chi connectivity index (χ3n) is 5.07. The Hall–Kier alpha value is -3.41. The maximum Gasteiger partial charge on any atom is 0.255 e. The van der Waals surface area contributed by atoms with E-state index in [4.69, 9.17) is 0 Å². The SMILES string of the molecule is O=C(Nc1ccc(N2CCN(c3ccc(F)cc3)CC2)cc1)c1ccc(F)cc1. The molecular weight excluding hydrogens is 372 g/mol. The van der Waals surface area contributed by atoms with Crippen LogP contribution in [0.2, 0.25) is 0 Å². The second kappa shape index (κ2) is 8.31. The van der Waals surface area contributed by atoms with Crippen molar-refractivity contribution in [2.75, 3.05) is 41.3 Å². The number of halogens is 2. The van der Waals surface area contributed by atoms with Gasteiger partial charge in [-0.05, 0) is 72.8 Å². The number of hydrogen-bond donors (Lipinski definition) is 1. The lowest BCUT2D eigenvalue weighted by Crippen LogP contribution is -2.46. The van der Waals surface area contributed by atoms with Crippen molar-refractivity contribution in [2.45, 2.75) is 0 Å². The molecule has 0 aliphatic carbocycles. The minimum Gasteiger partial charge on any atom is -0.368 e. The average Bonchev–Trinajstić information content (AvgIpc) is 2.75. The number of carbonyl (C=O) groups is 1. The highest BCUT2D eigenvalue weighted by molar-refractivity contribution is 6.04. The van der Waals surface area contributed by atoms with Gasteiger partial charge in [-0.2, -0.15) is 0 Å². The number of piperazine rings is 1. The van der Waals surface area contributed by atoms with Gasteiger partial charge in [0.1, 0.15) is 11.6 Å². The summed E-state index contributed by atoms with van der Waals surface area (Å²) in [5.74, 6) is -0.866. The van der Waals surface area contributed by atoms with E-state index in [1.54, 1.807) is 0 Å². The molecule has 1 amide bonds. The normalized spacial score (nSPS) is 14.0. The number of nitrogens with zero attached hydrogens (tertiary/aromatic N) is 2. The van der Waals surface area contributed by atoms with E-state index in [1.807, 2.05) is 36.4 Å². The van der Waals surface area contributed by atoms with Gasteiger partial charge in [-0.1, -0.05) is 0 Å². The van der Waals surface area contributed by atoms with Gasteiger partial charge in [-0.25, -0.2) is 8.78 Å².